The van der Waals surface area contributed by atoms with E-state index in [0.29, 0.717) is 6.07 Å². The molecule has 1 N–H and O–H groups in total. The van der Waals surface area contributed by atoms with Gasteiger partial charge in [0.1, 0.15) is 5.82 Å². The molecule has 2 rings (SSSR count). The largest absolute Gasteiger partial charge is 0.419 e. The van der Waals surface area contributed by atoms with Crippen molar-refractivity contribution in [3.63, 3.8) is 0 Å². The van der Waals surface area contributed by atoms with Crippen molar-refractivity contribution in [2.45, 2.75) is 13.1 Å². The highest BCUT2D eigenvalue weighted by atomic mass is 19.4. The van der Waals surface area contributed by atoms with Crippen molar-refractivity contribution >= 4 is 11.9 Å². The van der Waals surface area contributed by atoms with Gasteiger partial charge in [-0.25, -0.2) is 4.39 Å². The Morgan fingerprint density at radius 2 is 2.05 bits per heavy atom. The average Bonchev–Trinajstić information content (AvgIpc) is 2.73. The van der Waals surface area contributed by atoms with Crippen LogP contribution in [0.3, 0.4) is 0 Å². The number of hydrogen-bond acceptors (Lipinski definition) is 4. The molecule has 0 unspecified atom stereocenters. The lowest BCUT2D eigenvalue weighted by atomic mass is 10.1. The molecule has 0 saturated carbocycles. The highest BCUT2D eigenvalue weighted by Crippen LogP contribution is 2.32. The van der Waals surface area contributed by atoms with E-state index in [4.69, 9.17) is 0 Å². The summed E-state index contributed by atoms with van der Waals surface area (Å²) in [7, 11) is 0. The Morgan fingerprint density at radius 1 is 1.35 bits per heavy atom. The number of halogens is 4. The van der Waals surface area contributed by atoms with Gasteiger partial charge in [0, 0.05) is 0 Å². The van der Waals surface area contributed by atoms with Crippen LogP contribution in [0.25, 0.3) is 0 Å². The number of anilines is 1. The molecule has 0 atom stereocenters. The average molecular weight is 289 g/mol. The SMILES string of the molecule is Cc1noc(NC(=O)c2cccc(C(F)(F)F)c2F)n1. The molecule has 1 heterocycles. The van der Waals surface area contributed by atoms with Crippen molar-refractivity contribution < 1.29 is 26.9 Å². The number of rotatable bonds is 2. The third kappa shape index (κ3) is 2.76. The monoisotopic (exact) mass is 289 g/mol. The Kier molecular flexibility index (Phi) is 3.43. The Balaban J connectivity index is 2.31. The predicted octanol–water partition coefficient (Wildman–Crippen LogP) is 2.79. The van der Waals surface area contributed by atoms with E-state index < -0.39 is 29.0 Å². The number of nitrogens with one attached hydrogen (secondary N) is 1. The highest BCUT2D eigenvalue weighted by Gasteiger charge is 2.35. The van der Waals surface area contributed by atoms with Crippen LogP contribution < -0.4 is 5.32 Å². The van der Waals surface area contributed by atoms with E-state index in [2.05, 4.69) is 14.7 Å². The van der Waals surface area contributed by atoms with Gasteiger partial charge in [-0.3, -0.25) is 10.1 Å². The van der Waals surface area contributed by atoms with E-state index in [9.17, 15) is 22.4 Å². The molecule has 0 spiro atoms. The van der Waals surface area contributed by atoms with Crippen LogP contribution in [0.5, 0.6) is 0 Å². The summed E-state index contributed by atoms with van der Waals surface area (Å²) in [6.45, 7) is 1.48. The van der Waals surface area contributed by atoms with Crippen molar-refractivity contribution in [2.24, 2.45) is 0 Å². The van der Waals surface area contributed by atoms with Crippen LogP contribution in [0.1, 0.15) is 21.7 Å². The lowest BCUT2D eigenvalue weighted by Crippen LogP contribution is -2.17. The van der Waals surface area contributed by atoms with E-state index in [1.807, 2.05) is 5.32 Å². The number of aryl methyl sites for hydroxylation is 1. The van der Waals surface area contributed by atoms with Gasteiger partial charge in [-0.15, -0.1) is 0 Å². The standard InChI is InChI=1S/C11H7F4N3O2/c1-5-16-10(20-18-5)17-9(19)6-3-2-4-7(8(6)12)11(13,14)15/h2-4H,1H3,(H,16,17,18,19). The number of aromatic nitrogens is 2. The summed E-state index contributed by atoms with van der Waals surface area (Å²) in [5, 5.41) is 5.38. The molecule has 1 aromatic heterocycles. The molecule has 0 aliphatic heterocycles. The molecular weight excluding hydrogens is 282 g/mol. The van der Waals surface area contributed by atoms with Crippen LogP contribution in [0, 0.1) is 12.7 Å². The quantitative estimate of drug-likeness (QED) is 0.863. The molecule has 0 radical (unpaired) electrons. The fraction of sp³-hybridized carbons (Fsp3) is 0.182. The first kappa shape index (κ1) is 14.0. The minimum atomic E-state index is -4.89. The maximum Gasteiger partial charge on any atom is 0.419 e. The second kappa shape index (κ2) is 4.91. The van der Waals surface area contributed by atoms with Crippen LogP contribution in [-0.4, -0.2) is 16.0 Å². The van der Waals surface area contributed by atoms with Crippen molar-refractivity contribution in [1.82, 2.24) is 10.1 Å². The highest BCUT2D eigenvalue weighted by molar-refractivity contribution is 6.03. The van der Waals surface area contributed by atoms with Crippen LogP contribution in [0.15, 0.2) is 22.7 Å². The molecule has 106 valence electrons. The fourth-order valence-corrected chi connectivity index (χ4v) is 1.44. The second-order valence-electron chi connectivity index (χ2n) is 3.77. The summed E-state index contributed by atoms with van der Waals surface area (Å²) < 4.78 is 55.8. The summed E-state index contributed by atoms with van der Waals surface area (Å²) in [5.74, 6) is -2.56. The number of carbonyl (C=O) groups is 1. The van der Waals surface area contributed by atoms with Gasteiger partial charge in [-0.1, -0.05) is 11.2 Å². The minimum absolute atomic E-state index is 0.213. The molecule has 9 heteroatoms. The molecule has 0 bridgehead atoms. The fourth-order valence-electron chi connectivity index (χ4n) is 1.44. The Hall–Kier alpha value is -2.45. The predicted molar refractivity (Wildman–Crippen MR) is 58.4 cm³/mol. The summed E-state index contributed by atoms with van der Waals surface area (Å²) in [5.41, 5.74) is -2.29. The zero-order valence-electron chi connectivity index (χ0n) is 9.95. The molecule has 0 aliphatic rings. The van der Waals surface area contributed by atoms with Crippen LogP contribution in [-0.2, 0) is 6.18 Å². The molecule has 0 saturated heterocycles. The molecule has 0 fully saturated rings. The van der Waals surface area contributed by atoms with Crippen molar-refractivity contribution in [2.75, 3.05) is 5.32 Å². The smallest absolute Gasteiger partial charge is 0.315 e. The number of nitrogens with zero attached hydrogens (tertiary/aromatic N) is 2. The van der Waals surface area contributed by atoms with E-state index in [1.54, 1.807) is 0 Å². The number of carbonyl (C=O) groups excluding carboxylic acids is 1. The summed E-state index contributed by atoms with van der Waals surface area (Å²) in [4.78, 5) is 15.3. The van der Waals surface area contributed by atoms with Crippen LogP contribution in [0.4, 0.5) is 23.6 Å². The number of alkyl halides is 3. The first-order valence-corrected chi connectivity index (χ1v) is 5.26. The zero-order chi connectivity index (χ0) is 14.9. The van der Waals surface area contributed by atoms with Gasteiger partial charge in [-0.05, 0) is 19.1 Å². The lowest BCUT2D eigenvalue weighted by molar-refractivity contribution is -0.140. The first-order chi connectivity index (χ1) is 9.29. The molecule has 20 heavy (non-hydrogen) atoms. The van der Waals surface area contributed by atoms with Crippen LogP contribution >= 0.6 is 0 Å². The van der Waals surface area contributed by atoms with Gasteiger partial charge < -0.3 is 4.52 Å². The minimum Gasteiger partial charge on any atom is -0.315 e. The lowest BCUT2D eigenvalue weighted by Gasteiger charge is -2.10. The zero-order valence-corrected chi connectivity index (χ0v) is 9.95. The van der Waals surface area contributed by atoms with Gasteiger partial charge in [0.2, 0.25) is 0 Å². The third-order valence-corrected chi connectivity index (χ3v) is 2.30. The molecule has 2 aromatic rings. The normalized spacial score (nSPS) is 11.4. The molecule has 5 nitrogen and oxygen atoms in total. The Labute approximate surface area is 109 Å². The molecule has 0 aliphatic carbocycles. The summed E-state index contributed by atoms with van der Waals surface area (Å²) in [6.07, 6.45) is -4.89. The number of amides is 1. The van der Waals surface area contributed by atoms with Crippen molar-refractivity contribution in [3.05, 3.63) is 41.0 Å². The maximum atomic E-state index is 13.7. The summed E-state index contributed by atoms with van der Waals surface area (Å²) >= 11 is 0. The Bertz CT molecular complexity index is 651. The van der Waals surface area contributed by atoms with Crippen molar-refractivity contribution in [1.29, 1.82) is 0 Å². The van der Waals surface area contributed by atoms with E-state index in [0.717, 1.165) is 12.1 Å². The molecule has 1 aromatic carbocycles. The Morgan fingerprint density at radius 3 is 2.60 bits per heavy atom. The van der Waals surface area contributed by atoms with Gasteiger partial charge in [0.25, 0.3) is 5.91 Å². The first-order valence-electron chi connectivity index (χ1n) is 5.26. The van der Waals surface area contributed by atoms with Gasteiger partial charge in [0.05, 0.1) is 11.1 Å². The van der Waals surface area contributed by atoms with E-state index >= 15 is 0 Å². The number of benzene rings is 1. The molecule has 1 amide bonds. The number of hydrogen-bond donors (Lipinski definition) is 1. The summed E-state index contributed by atoms with van der Waals surface area (Å²) in [6, 6.07) is 2.07. The van der Waals surface area contributed by atoms with Crippen LogP contribution in [0.2, 0.25) is 0 Å². The van der Waals surface area contributed by atoms with Crippen molar-refractivity contribution in [3.8, 4) is 0 Å². The second-order valence-corrected chi connectivity index (χ2v) is 3.77. The van der Waals surface area contributed by atoms with Gasteiger partial charge in [0.15, 0.2) is 5.82 Å². The topological polar surface area (TPSA) is 68.0 Å². The van der Waals surface area contributed by atoms with E-state index in [-0.39, 0.29) is 11.8 Å². The third-order valence-electron chi connectivity index (χ3n) is 2.30. The maximum absolute atomic E-state index is 13.7. The van der Waals surface area contributed by atoms with Gasteiger partial charge >= 0.3 is 12.2 Å². The van der Waals surface area contributed by atoms with E-state index in [1.165, 1.54) is 6.92 Å². The van der Waals surface area contributed by atoms with Gasteiger partial charge in [-0.2, -0.15) is 18.2 Å². The molecular formula is C11H7F4N3O2.